The van der Waals surface area contributed by atoms with Crippen molar-refractivity contribution in [2.75, 3.05) is 6.26 Å². The summed E-state index contributed by atoms with van der Waals surface area (Å²) in [6, 6.07) is 3.74. The van der Waals surface area contributed by atoms with Gasteiger partial charge in [0.25, 0.3) is 0 Å². The number of pyridine rings is 1. The van der Waals surface area contributed by atoms with E-state index in [0.717, 1.165) is 16.9 Å². The molecule has 0 amide bonds. The van der Waals surface area contributed by atoms with Gasteiger partial charge >= 0.3 is 0 Å². The number of aromatic nitrogens is 5. The third kappa shape index (κ3) is 2.45. The Morgan fingerprint density at radius 1 is 1.48 bits per heavy atom. The normalized spacial score (nSPS) is 17.5. The highest BCUT2D eigenvalue weighted by atomic mass is 32.2. The van der Waals surface area contributed by atoms with Crippen molar-refractivity contribution in [3.8, 4) is 16.9 Å². The van der Waals surface area contributed by atoms with Crippen molar-refractivity contribution in [1.82, 2.24) is 25.0 Å². The maximum absolute atomic E-state index is 12.5. The van der Waals surface area contributed by atoms with E-state index in [1.165, 1.54) is 0 Å². The summed E-state index contributed by atoms with van der Waals surface area (Å²) < 4.78 is 25.7. The van der Waals surface area contributed by atoms with Crippen molar-refractivity contribution in [1.29, 1.82) is 0 Å². The van der Waals surface area contributed by atoms with Crippen LogP contribution in [-0.4, -0.2) is 39.6 Å². The molecule has 0 radical (unpaired) electrons. The van der Waals surface area contributed by atoms with Crippen LogP contribution in [0.2, 0.25) is 0 Å². The Morgan fingerprint density at radius 3 is 3.09 bits per heavy atom. The van der Waals surface area contributed by atoms with Gasteiger partial charge < -0.3 is 0 Å². The number of hydrogen-bond donors (Lipinski definition) is 1. The van der Waals surface area contributed by atoms with Crippen LogP contribution in [0.15, 0.2) is 35.6 Å². The molecule has 23 heavy (non-hydrogen) atoms. The van der Waals surface area contributed by atoms with Gasteiger partial charge in [0.2, 0.25) is 0 Å². The first-order chi connectivity index (χ1) is 11.1. The molecule has 7 nitrogen and oxygen atoms in total. The van der Waals surface area contributed by atoms with Crippen molar-refractivity contribution in [3.05, 3.63) is 42.1 Å². The summed E-state index contributed by atoms with van der Waals surface area (Å²) in [5.41, 5.74) is 3.75. The van der Waals surface area contributed by atoms with Gasteiger partial charge in [-0.3, -0.25) is 18.5 Å². The molecule has 0 fully saturated rings. The van der Waals surface area contributed by atoms with Gasteiger partial charge in [-0.2, -0.15) is 10.2 Å². The van der Waals surface area contributed by atoms with Crippen molar-refractivity contribution >= 4 is 21.6 Å². The molecular formula is C14H13N5O2S2. The zero-order valence-corrected chi connectivity index (χ0v) is 13.9. The minimum Gasteiger partial charge on any atom is -0.280 e. The van der Waals surface area contributed by atoms with E-state index in [-0.39, 0.29) is 0 Å². The second-order valence-electron chi connectivity index (χ2n) is 5.23. The molecule has 0 spiro atoms. The average Bonchev–Trinajstić information content (AvgIpc) is 3.12. The highest BCUT2D eigenvalue weighted by molar-refractivity contribution is 7.85. The first kappa shape index (κ1) is 14.5. The summed E-state index contributed by atoms with van der Waals surface area (Å²) in [5, 5.41) is 11.7. The first-order valence-corrected chi connectivity index (χ1v) is 9.93. The number of fused-ring (bicyclic) bond motifs is 3. The number of nitrogens with one attached hydrogen (secondary N) is 1. The quantitative estimate of drug-likeness (QED) is 0.767. The molecule has 118 valence electrons. The molecule has 2 atom stereocenters. The monoisotopic (exact) mass is 347 g/mol. The summed E-state index contributed by atoms with van der Waals surface area (Å²) in [6.07, 6.45) is 6.90. The topological polar surface area (TPSA) is 93.5 Å². The van der Waals surface area contributed by atoms with E-state index in [4.69, 9.17) is 0 Å². The van der Waals surface area contributed by atoms with Gasteiger partial charge in [0, 0.05) is 35.0 Å². The molecule has 0 aliphatic carbocycles. The lowest BCUT2D eigenvalue weighted by Crippen LogP contribution is -2.08. The summed E-state index contributed by atoms with van der Waals surface area (Å²) >= 11 is 0. The number of rotatable bonds is 3. The van der Waals surface area contributed by atoms with E-state index in [1.54, 1.807) is 23.3 Å². The fourth-order valence-electron chi connectivity index (χ4n) is 2.63. The Hall–Kier alpha value is -2.13. The highest BCUT2D eigenvalue weighted by Gasteiger charge is 2.30. The van der Waals surface area contributed by atoms with Gasteiger partial charge in [-0.05, 0) is 12.1 Å². The lowest BCUT2D eigenvalue weighted by Gasteiger charge is -2.10. The van der Waals surface area contributed by atoms with Crippen LogP contribution in [0.3, 0.4) is 0 Å². The molecule has 4 heterocycles. The molecule has 0 saturated carbocycles. The van der Waals surface area contributed by atoms with Crippen molar-refractivity contribution < 1.29 is 8.42 Å². The number of aromatic amines is 1. The smallest absolute Gasteiger partial charge is 0.112 e. The van der Waals surface area contributed by atoms with Crippen molar-refractivity contribution in [2.24, 2.45) is 0 Å². The Morgan fingerprint density at radius 2 is 2.35 bits per heavy atom. The molecule has 9 heteroatoms. The fraction of sp³-hybridized carbons (Fsp3) is 0.214. The standard InChI is InChI=1S/C14H13N5O2S2/c1-22(20)7-12-14-13(17-16-12)10-6-19(9-3-2-4-15-5-9)18-11(10)8-23(14)21/h2-6H,7-8H2,1H3,(H,16,17). The van der Waals surface area contributed by atoms with Crippen LogP contribution in [0.1, 0.15) is 11.4 Å². The van der Waals surface area contributed by atoms with Crippen LogP contribution >= 0.6 is 0 Å². The maximum atomic E-state index is 12.5. The van der Waals surface area contributed by atoms with Crippen LogP contribution in [0.25, 0.3) is 16.9 Å². The number of H-pyrrole nitrogens is 1. The van der Waals surface area contributed by atoms with Crippen molar-refractivity contribution in [3.63, 3.8) is 0 Å². The van der Waals surface area contributed by atoms with Crippen LogP contribution in [0, 0.1) is 0 Å². The van der Waals surface area contributed by atoms with Gasteiger partial charge in [0.15, 0.2) is 0 Å². The van der Waals surface area contributed by atoms with Gasteiger partial charge in [-0.1, -0.05) is 0 Å². The third-order valence-electron chi connectivity index (χ3n) is 3.59. The summed E-state index contributed by atoms with van der Waals surface area (Å²) in [5.74, 6) is 0.651. The van der Waals surface area contributed by atoms with E-state index in [1.807, 2.05) is 18.3 Å². The molecule has 0 bridgehead atoms. The fourth-order valence-corrected chi connectivity index (χ4v) is 4.71. The predicted molar refractivity (Wildman–Crippen MR) is 86.8 cm³/mol. The molecule has 1 aliphatic rings. The Kier molecular flexibility index (Phi) is 3.46. The minimum atomic E-state index is -1.24. The number of nitrogens with zero attached hydrogens (tertiary/aromatic N) is 4. The minimum absolute atomic E-state index is 0.320. The van der Waals surface area contributed by atoms with Gasteiger partial charge in [0.1, 0.15) is 5.69 Å². The molecular weight excluding hydrogens is 334 g/mol. The zero-order chi connectivity index (χ0) is 16.0. The molecule has 1 N–H and O–H groups in total. The van der Waals surface area contributed by atoms with Crippen LogP contribution < -0.4 is 0 Å². The average molecular weight is 347 g/mol. The molecule has 4 rings (SSSR count). The Balaban J connectivity index is 1.83. The lowest BCUT2D eigenvalue weighted by molar-refractivity contribution is 0.680. The van der Waals surface area contributed by atoms with Gasteiger partial charge in [0.05, 0.1) is 50.5 Å². The summed E-state index contributed by atoms with van der Waals surface area (Å²) in [6.45, 7) is 0. The van der Waals surface area contributed by atoms with Crippen LogP contribution in [0.4, 0.5) is 0 Å². The maximum Gasteiger partial charge on any atom is 0.112 e. The predicted octanol–water partition coefficient (Wildman–Crippen LogP) is 1.16. The SMILES string of the molecule is CS(=O)Cc1[nH]nc2c1S(=O)Cc1nn(-c3cccnc3)cc1-2. The Bertz CT molecular complexity index is 932. The molecule has 0 aromatic carbocycles. The van der Waals surface area contributed by atoms with E-state index < -0.39 is 21.6 Å². The van der Waals surface area contributed by atoms with Crippen LogP contribution in [0.5, 0.6) is 0 Å². The van der Waals surface area contributed by atoms with Gasteiger partial charge in [-0.25, -0.2) is 4.68 Å². The summed E-state index contributed by atoms with van der Waals surface area (Å²) in [7, 11) is -2.26. The molecule has 0 saturated heterocycles. The van der Waals surface area contributed by atoms with Gasteiger partial charge in [-0.15, -0.1) is 0 Å². The lowest BCUT2D eigenvalue weighted by atomic mass is 10.2. The molecule has 1 aliphatic heterocycles. The van der Waals surface area contributed by atoms with Crippen molar-refractivity contribution in [2.45, 2.75) is 16.4 Å². The van der Waals surface area contributed by atoms with Crippen LogP contribution in [-0.2, 0) is 33.1 Å². The molecule has 3 aromatic rings. The molecule has 2 unspecified atom stereocenters. The van der Waals surface area contributed by atoms with E-state index >= 15 is 0 Å². The second-order valence-corrected chi connectivity index (χ2v) is 8.06. The van der Waals surface area contributed by atoms with E-state index in [2.05, 4.69) is 20.3 Å². The Labute approximate surface area is 137 Å². The summed E-state index contributed by atoms with van der Waals surface area (Å²) in [4.78, 5) is 4.74. The first-order valence-electron chi connectivity index (χ1n) is 6.88. The van der Waals surface area contributed by atoms with E-state index in [9.17, 15) is 8.42 Å². The number of hydrogen-bond acceptors (Lipinski definition) is 5. The third-order valence-corrected chi connectivity index (χ3v) is 5.72. The second kappa shape index (κ2) is 5.50. The molecule has 3 aromatic heterocycles. The zero-order valence-electron chi connectivity index (χ0n) is 12.2. The highest BCUT2D eigenvalue weighted by Crippen LogP contribution is 2.36. The largest absolute Gasteiger partial charge is 0.280 e. The van der Waals surface area contributed by atoms with E-state index in [0.29, 0.717) is 27.8 Å².